The molecule has 108 valence electrons. The summed E-state index contributed by atoms with van der Waals surface area (Å²) in [6.07, 6.45) is -5.62. The van der Waals surface area contributed by atoms with Gasteiger partial charge in [-0.15, -0.1) is 13.2 Å². The van der Waals surface area contributed by atoms with Crippen molar-refractivity contribution >= 4 is 11.6 Å². The molecule has 0 radical (unpaired) electrons. The van der Waals surface area contributed by atoms with Crippen molar-refractivity contribution in [3.8, 4) is 11.8 Å². The Kier molecular flexibility index (Phi) is 4.94. The number of nitrogens with one attached hydrogen (secondary N) is 1. The molecule has 0 unspecified atom stereocenters. The van der Waals surface area contributed by atoms with Crippen LogP contribution in [0.1, 0.15) is 12.5 Å². The minimum atomic E-state index is -4.89. The number of halogens is 3. The Morgan fingerprint density at radius 3 is 2.60 bits per heavy atom. The van der Waals surface area contributed by atoms with E-state index in [0.717, 1.165) is 12.1 Å². The lowest BCUT2D eigenvalue weighted by atomic mass is 10.2. The number of alkyl halides is 3. The maximum Gasteiger partial charge on any atom is 0.573 e. The van der Waals surface area contributed by atoms with E-state index in [0.29, 0.717) is 0 Å². The van der Waals surface area contributed by atoms with Crippen LogP contribution < -0.4 is 10.1 Å². The summed E-state index contributed by atoms with van der Waals surface area (Å²) < 4.78 is 44.8. The van der Waals surface area contributed by atoms with Crippen LogP contribution in [0.3, 0.4) is 0 Å². The summed E-state index contributed by atoms with van der Waals surface area (Å²) in [5.74, 6) is -1.11. The zero-order valence-corrected chi connectivity index (χ0v) is 10.6. The molecule has 1 aromatic rings. The fourth-order valence-corrected chi connectivity index (χ4v) is 1.26. The fraction of sp³-hybridized carbons (Fsp3) is 0.333. The zero-order valence-electron chi connectivity index (χ0n) is 10.6. The molecule has 0 aliphatic rings. The number of amides is 1. The summed E-state index contributed by atoms with van der Waals surface area (Å²) in [6.45, 7) is 1.50. The standard InChI is InChI=1S/C12H11F3N2O3/c1-7(19-2)11(18)17-9-3-4-10(8(5-9)6-16)20-12(13,14)15/h3-5,7H,1-2H3,(H,17,18)/t7-/m0/s1. The van der Waals surface area contributed by atoms with Gasteiger partial charge in [0.1, 0.15) is 17.9 Å². The molecule has 0 heterocycles. The van der Waals surface area contributed by atoms with Crippen LogP contribution in [0, 0.1) is 11.3 Å². The Hall–Kier alpha value is -2.27. The normalized spacial score (nSPS) is 12.4. The predicted molar refractivity (Wildman–Crippen MR) is 62.9 cm³/mol. The van der Waals surface area contributed by atoms with Gasteiger partial charge in [-0.1, -0.05) is 0 Å². The maximum atomic E-state index is 12.1. The molecule has 8 heteroatoms. The molecule has 0 fully saturated rings. The summed E-state index contributed by atoms with van der Waals surface area (Å²) in [5.41, 5.74) is -0.171. The third-order valence-corrected chi connectivity index (χ3v) is 2.32. The quantitative estimate of drug-likeness (QED) is 0.923. The zero-order chi connectivity index (χ0) is 15.3. The van der Waals surface area contributed by atoms with Gasteiger partial charge in [0.05, 0.1) is 5.56 Å². The molecule has 1 rings (SSSR count). The predicted octanol–water partition coefficient (Wildman–Crippen LogP) is 2.43. The van der Waals surface area contributed by atoms with Crippen molar-refractivity contribution in [3.05, 3.63) is 23.8 Å². The van der Waals surface area contributed by atoms with Gasteiger partial charge in [0.15, 0.2) is 0 Å². The first kappa shape index (κ1) is 15.8. The van der Waals surface area contributed by atoms with Gasteiger partial charge in [0, 0.05) is 12.8 Å². The molecule has 1 amide bonds. The van der Waals surface area contributed by atoms with Crippen molar-refractivity contribution in [1.29, 1.82) is 5.26 Å². The van der Waals surface area contributed by atoms with Crippen LogP contribution in [-0.4, -0.2) is 25.5 Å². The van der Waals surface area contributed by atoms with E-state index in [-0.39, 0.29) is 11.3 Å². The average Bonchev–Trinajstić information content (AvgIpc) is 2.37. The number of carbonyl (C=O) groups excluding carboxylic acids is 1. The van der Waals surface area contributed by atoms with Gasteiger partial charge < -0.3 is 14.8 Å². The summed E-state index contributed by atoms with van der Waals surface area (Å²) in [4.78, 5) is 11.5. The van der Waals surface area contributed by atoms with Crippen molar-refractivity contribution in [1.82, 2.24) is 0 Å². The van der Waals surface area contributed by atoms with E-state index in [2.05, 4.69) is 10.1 Å². The van der Waals surface area contributed by atoms with Crippen LogP contribution in [0.15, 0.2) is 18.2 Å². The molecular weight excluding hydrogens is 277 g/mol. The van der Waals surface area contributed by atoms with Crippen molar-refractivity contribution in [2.24, 2.45) is 0 Å². The number of ether oxygens (including phenoxy) is 2. The Morgan fingerprint density at radius 2 is 2.10 bits per heavy atom. The summed E-state index contributed by atoms with van der Waals surface area (Å²) in [6, 6.07) is 4.81. The lowest BCUT2D eigenvalue weighted by Gasteiger charge is -2.13. The third-order valence-electron chi connectivity index (χ3n) is 2.32. The molecule has 0 aliphatic carbocycles. The number of nitrogens with zero attached hydrogens (tertiary/aromatic N) is 1. The first-order valence-electron chi connectivity index (χ1n) is 5.40. The van der Waals surface area contributed by atoms with E-state index in [1.54, 1.807) is 6.07 Å². The highest BCUT2D eigenvalue weighted by atomic mass is 19.4. The van der Waals surface area contributed by atoms with Crippen LogP contribution in [0.25, 0.3) is 0 Å². The average molecular weight is 288 g/mol. The molecule has 0 bridgehead atoms. The Balaban J connectivity index is 2.94. The molecule has 1 atom stereocenters. The minimum absolute atomic E-state index is 0.171. The maximum absolute atomic E-state index is 12.1. The minimum Gasteiger partial charge on any atom is -0.404 e. The Bertz CT molecular complexity index is 538. The molecule has 0 saturated heterocycles. The van der Waals surface area contributed by atoms with E-state index >= 15 is 0 Å². The van der Waals surface area contributed by atoms with E-state index in [9.17, 15) is 18.0 Å². The molecule has 0 saturated carbocycles. The van der Waals surface area contributed by atoms with Gasteiger partial charge in [-0.3, -0.25) is 4.79 Å². The van der Waals surface area contributed by atoms with Gasteiger partial charge in [0.25, 0.3) is 5.91 Å². The van der Waals surface area contributed by atoms with Crippen LogP contribution in [-0.2, 0) is 9.53 Å². The molecule has 5 nitrogen and oxygen atoms in total. The van der Waals surface area contributed by atoms with E-state index in [1.165, 1.54) is 20.1 Å². The highest BCUT2D eigenvalue weighted by Gasteiger charge is 2.32. The van der Waals surface area contributed by atoms with Crippen molar-refractivity contribution in [2.45, 2.75) is 19.4 Å². The van der Waals surface area contributed by atoms with Crippen LogP contribution in [0.5, 0.6) is 5.75 Å². The van der Waals surface area contributed by atoms with Crippen molar-refractivity contribution in [2.75, 3.05) is 12.4 Å². The third kappa shape index (κ3) is 4.44. The van der Waals surface area contributed by atoms with Crippen LogP contribution in [0.2, 0.25) is 0 Å². The van der Waals surface area contributed by atoms with Crippen LogP contribution in [0.4, 0.5) is 18.9 Å². The van der Waals surface area contributed by atoms with Crippen molar-refractivity contribution in [3.63, 3.8) is 0 Å². The number of nitriles is 1. The van der Waals surface area contributed by atoms with Gasteiger partial charge in [-0.05, 0) is 25.1 Å². The molecule has 1 aromatic carbocycles. The molecule has 0 aliphatic heterocycles. The molecule has 0 spiro atoms. The van der Waals surface area contributed by atoms with Gasteiger partial charge in [0.2, 0.25) is 0 Å². The molecule has 20 heavy (non-hydrogen) atoms. The lowest BCUT2D eigenvalue weighted by molar-refractivity contribution is -0.274. The first-order valence-corrected chi connectivity index (χ1v) is 5.40. The summed E-state index contributed by atoms with van der Waals surface area (Å²) in [7, 11) is 1.34. The second-order valence-electron chi connectivity index (χ2n) is 3.74. The second-order valence-corrected chi connectivity index (χ2v) is 3.74. The lowest BCUT2D eigenvalue weighted by Crippen LogP contribution is -2.26. The number of hydrogen-bond donors (Lipinski definition) is 1. The Morgan fingerprint density at radius 1 is 1.45 bits per heavy atom. The number of rotatable bonds is 4. The monoisotopic (exact) mass is 288 g/mol. The molecular formula is C12H11F3N2O3. The smallest absolute Gasteiger partial charge is 0.404 e. The van der Waals surface area contributed by atoms with Gasteiger partial charge >= 0.3 is 6.36 Å². The fourth-order valence-electron chi connectivity index (χ4n) is 1.26. The first-order chi connectivity index (χ1) is 9.26. The number of methoxy groups -OCH3 is 1. The summed E-state index contributed by atoms with van der Waals surface area (Å²) >= 11 is 0. The second kappa shape index (κ2) is 6.25. The van der Waals surface area contributed by atoms with Gasteiger partial charge in [-0.2, -0.15) is 5.26 Å². The molecule has 1 N–H and O–H groups in total. The Labute approximate surface area is 112 Å². The van der Waals surface area contributed by atoms with E-state index in [4.69, 9.17) is 10.00 Å². The number of benzene rings is 1. The largest absolute Gasteiger partial charge is 0.573 e. The van der Waals surface area contributed by atoms with E-state index in [1.807, 2.05) is 0 Å². The van der Waals surface area contributed by atoms with Crippen LogP contribution >= 0.6 is 0 Å². The SMILES string of the molecule is CO[C@@H](C)C(=O)Nc1ccc(OC(F)(F)F)c(C#N)c1. The van der Waals surface area contributed by atoms with E-state index < -0.39 is 24.1 Å². The highest BCUT2D eigenvalue weighted by molar-refractivity contribution is 5.94. The molecule has 0 aromatic heterocycles. The van der Waals surface area contributed by atoms with Gasteiger partial charge in [-0.25, -0.2) is 0 Å². The van der Waals surface area contributed by atoms with Crippen molar-refractivity contribution < 1.29 is 27.4 Å². The highest BCUT2D eigenvalue weighted by Crippen LogP contribution is 2.28. The number of carbonyl (C=O) groups is 1. The summed E-state index contributed by atoms with van der Waals surface area (Å²) in [5, 5.41) is 11.2. The number of hydrogen-bond acceptors (Lipinski definition) is 4. The number of anilines is 1. The topological polar surface area (TPSA) is 71.3 Å².